The lowest BCUT2D eigenvalue weighted by molar-refractivity contribution is -0.117. The SMILES string of the molecule is CC(=O)CCCSc1nnc(Cc2cccs2)n1C1CC1. The van der Waals surface area contributed by atoms with Crippen molar-refractivity contribution in [1.29, 1.82) is 0 Å². The highest BCUT2D eigenvalue weighted by Crippen LogP contribution is 2.39. The number of nitrogens with zero attached hydrogens (tertiary/aromatic N) is 3. The third-order valence-corrected chi connectivity index (χ3v) is 5.37. The Morgan fingerprint density at radius 3 is 3.00 bits per heavy atom. The molecule has 3 rings (SSSR count). The molecule has 0 aliphatic heterocycles. The molecule has 6 heteroatoms. The molecule has 1 saturated carbocycles. The summed E-state index contributed by atoms with van der Waals surface area (Å²) in [6.07, 6.45) is 4.91. The molecule has 0 amide bonds. The van der Waals surface area contributed by atoms with E-state index in [4.69, 9.17) is 0 Å². The first-order valence-electron chi connectivity index (χ1n) is 7.32. The van der Waals surface area contributed by atoms with Crippen molar-refractivity contribution in [3.8, 4) is 0 Å². The second kappa shape index (κ2) is 6.75. The number of thiophene rings is 1. The number of Topliss-reactive ketones (excluding diaryl/α,β-unsaturated/α-hetero) is 1. The Hall–Kier alpha value is -1.14. The van der Waals surface area contributed by atoms with E-state index in [9.17, 15) is 4.79 Å². The predicted octanol–water partition coefficient (Wildman–Crippen LogP) is 3.73. The third kappa shape index (κ3) is 3.95. The fraction of sp³-hybridized carbons (Fsp3) is 0.533. The molecule has 4 nitrogen and oxygen atoms in total. The van der Waals surface area contributed by atoms with Crippen LogP contribution in [0.5, 0.6) is 0 Å². The van der Waals surface area contributed by atoms with E-state index in [0.29, 0.717) is 12.5 Å². The fourth-order valence-electron chi connectivity index (χ4n) is 2.28. The lowest BCUT2D eigenvalue weighted by Gasteiger charge is -2.07. The highest BCUT2D eigenvalue weighted by Gasteiger charge is 2.29. The van der Waals surface area contributed by atoms with Crippen molar-refractivity contribution in [2.75, 3.05) is 5.75 Å². The number of rotatable bonds is 8. The average Bonchev–Trinajstić information content (AvgIpc) is 3.01. The molecule has 0 spiro atoms. The molecule has 0 aromatic carbocycles. The maximum absolute atomic E-state index is 11.0. The molecule has 112 valence electrons. The van der Waals surface area contributed by atoms with Crippen LogP contribution in [-0.2, 0) is 11.2 Å². The van der Waals surface area contributed by atoms with E-state index in [-0.39, 0.29) is 5.78 Å². The van der Waals surface area contributed by atoms with Crippen molar-refractivity contribution in [3.63, 3.8) is 0 Å². The van der Waals surface area contributed by atoms with Gasteiger partial charge in [-0.3, -0.25) is 0 Å². The zero-order valence-electron chi connectivity index (χ0n) is 12.1. The van der Waals surface area contributed by atoms with Gasteiger partial charge >= 0.3 is 0 Å². The zero-order chi connectivity index (χ0) is 14.7. The van der Waals surface area contributed by atoms with Crippen molar-refractivity contribution in [2.45, 2.75) is 50.2 Å². The van der Waals surface area contributed by atoms with Crippen molar-refractivity contribution >= 4 is 28.9 Å². The highest BCUT2D eigenvalue weighted by molar-refractivity contribution is 7.99. The first-order chi connectivity index (χ1) is 10.2. The minimum Gasteiger partial charge on any atom is -0.303 e. The number of carbonyl (C=O) groups excluding carboxylic acids is 1. The molecule has 0 atom stereocenters. The molecule has 0 radical (unpaired) electrons. The molecule has 2 aromatic rings. The van der Waals surface area contributed by atoms with Gasteiger partial charge in [-0.05, 0) is 37.6 Å². The van der Waals surface area contributed by atoms with Gasteiger partial charge in [-0.15, -0.1) is 21.5 Å². The minimum atomic E-state index is 0.262. The Morgan fingerprint density at radius 1 is 1.48 bits per heavy atom. The summed E-state index contributed by atoms with van der Waals surface area (Å²) in [5.41, 5.74) is 0. The molecule has 2 aromatic heterocycles. The number of ketones is 1. The van der Waals surface area contributed by atoms with Gasteiger partial charge in [-0.1, -0.05) is 17.8 Å². The van der Waals surface area contributed by atoms with Gasteiger partial charge in [-0.25, -0.2) is 0 Å². The first kappa shape index (κ1) is 14.8. The largest absolute Gasteiger partial charge is 0.303 e. The highest BCUT2D eigenvalue weighted by atomic mass is 32.2. The molecule has 0 saturated heterocycles. The lowest BCUT2D eigenvalue weighted by atomic mass is 10.3. The smallest absolute Gasteiger partial charge is 0.191 e. The van der Waals surface area contributed by atoms with Crippen LogP contribution < -0.4 is 0 Å². The van der Waals surface area contributed by atoms with Crippen LogP contribution in [0, 0.1) is 0 Å². The van der Waals surface area contributed by atoms with Gasteiger partial charge in [0.05, 0.1) is 0 Å². The summed E-state index contributed by atoms with van der Waals surface area (Å²) in [5.74, 6) is 2.27. The summed E-state index contributed by atoms with van der Waals surface area (Å²) in [7, 11) is 0. The Balaban J connectivity index is 1.66. The van der Waals surface area contributed by atoms with Gasteiger partial charge in [0.25, 0.3) is 0 Å². The molecule has 1 aliphatic rings. The Kier molecular flexibility index (Phi) is 4.75. The average molecular weight is 321 g/mol. The van der Waals surface area contributed by atoms with E-state index in [1.165, 1.54) is 17.7 Å². The topological polar surface area (TPSA) is 47.8 Å². The van der Waals surface area contributed by atoms with Crippen molar-refractivity contribution in [1.82, 2.24) is 14.8 Å². The van der Waals surface area contributed by atoms with Gasteiger partial charge in [0.1, 0.15) is 11.6 Å². The number of thioether (sulfide) groups is 1. The summed E-state index contributed by atoms with van der Waals surface area (Å²) in [6.45, 7) is 1.65. The zero-order valence-corrected chi connectivity index (χ0v) is 13.8. The van der Waals surface area contributed by atoms with Crippen LogP contribution in [0.15, 0.2) is 22.7 Å². The van der Waals surface area contributed by atoms with E-state index in [1.54, 1.807) is 30.0 Å². The summed E-state index contributed by atoms with van der Waals surface area (Å²) in [4.78, 5) is 12.3. The molecule has 21 heavy (non-hydrogen) atoms. The van der Waals surface area contributed by atoms with Gasteiger partial charge < -0.3 is 9.36 Å². The van der Waals surface area contributed by atoms with Gasteiger partial charge in [-0.2, -0.15) is 0 Å². The van der Waals surface area contributed by atoms with Gasteiger partial charge in [0.15, 0.2) is 5.16 Å². The van der Waals surface area contributed by atoms with E-state index >= 15 is 0 Å². The summed E-state index contributed by atoms with van der Waals surface area (Å²) < 4.78 is 2.32. The molecule has 2 heterocycles. The number of hydrogen-bond acceptors (Lipinski definition) is 5. The van der Waals surface area contributed by atoms with Crippen LogP contribution in [-0.4, -0.2) is 26.3 Å². The van der Waals surface area contributed by atoms with Crippen LogP contribution in [0.3, 0.4) is 0 Å². The van der Waals surface area contributed by atoms with Crippen molar-refractivity contribution in [2.24, 2.45) is 0 Å². The summed E-state index contributed by atoms with van der Waals surface area (Å²) in [5, 5.41) is 11.9. The molecule has 0 bridgehead atoms. The molecule has 0 N–H and O–H groups in total. The normalized spacial score (nSPS) is 14.5. The van der Waals surface area contributed by atoms with Crippen LogP contribution in [0.4, 0.5) is 0 Å². The quantitative estimate of drug-likeness (QED) is 0.549. The standard InChI is InChI=1S/C15H19N3OS2/c1-11(19)4-2-9-21-15-17-16-14(18(15)12-6-7-12)10-13-5-3-8-20-13/h3,5,8,12H,2,4,6-7,9-10H2,1H3. The van der Waals surface area contributed by atoms with Gasteiger partial charge in [0.2, 0.25) is 0 Å². The molecular weight excluding hydrogens is 302 g/mol. The number of carbonyl (C=O) groups is 1. The Morgan fingerprint density at radius 2 is 2.33 bits per heavy atom. The van der Waals surface area contributed by atoms with Crippen LogP contribution in [0.25, 0.3) is 0 Å². The molecule has 1 aliphatic carbocycles. The van der Waals surface area contributed by atoms with E-state index in [2.05, 4.69) is 32.3 Å². The van der Waals surface area contributed by atoms with Gasteiger partial charge in [0, 0.05) is 29.5 Å². The fourth-order valence-corrected chi connectivity index (χ4v) is 3.94. The van der Waals surface area contributed by atoms with Crippen molar-refractivity contribution < 1.29 is 4.79 Å². The predicted molar refractivity (Wildman–Crippen MR) is 86.1 cm³/mol. The third-order valence-electron chi connectivity index (χ3n) is 3.46. The summed E-state index contributed by atoms with van der Waals surface area (Å²) in [6, 6.07) is 4.82. The maximum Gasteiger partial charge on any atom is 0.191 e. The van der Waals surface area contributed by atoms with E-state index in [0.717, 1.165) is 29.6 Å². The maximum atomic E-state index is 11.0. The van der Waals surface area contributed by atoms with Crippen LogP contribution in [0.2, 0.25) is 0 Å². The number of hydrogen-bond donors (Lipinski definition) is 0. The van der Waals surface area contributed by atoms with E-state index < -0.39 is 0 Å². The van der Waals surface area contributed by atoms with Crippen molar-refractivity contribution in [3.05, 3.63) is 28.2 Å². The molecule has 1 fully saturated rings. The monoisotopic (exact) mass is 321 g/mol. The Labute approximate surface area is 133 Å². The lowest BCUT2D eigenvalue weighted by Crippen LogP contribution is -2.03. The molecule has 0 unspecified atom stereocenters. The Bertz CT molecular complexity index is 602. The first-order valence-corrected chi connectivity index (χ1v) is 9.19. The van der Waals surface area contributed by atoms with Crippen LogP contribution in [0.1, 0.15) is 49.4 Å². The van der Waals surface area contributed by atoms with E-state index in [1.807, 2.05) is 0 Å². The van der Waals surface area contributed by atoms with Crippen LogP contribution >= 0.6 is 23.1 Å². The number of aromatic nitrogens is 3. The summed E-state index contributed by atoms with van der Waals surface area (Å²) >= 11 is 3.50. The second-order valence-corrected chi connectivity index (χ2v) is 7.50. The molecular formula is C15H19N3OS2. The minimum absolute atomic E-state index is 0.262. The second-order valence-electron chi connectivity index (χ2n) is 5.41.